The molecule has 1 rings (SSSR count). The minimum Gasteiger partial charge on any atom is -0.481 e. The molecule has 8 heteroatoms. The lowest BCUT2D eigenvalue weighted by Crippen LogP contribution is -2.42. The third kappa shape index (κ3) is 5.64. The second-order valence-corrected chi connectivity index (χ2v) is 5.40. The van der Waals surface area contributed by atoms with Crippen molar-refractivity contribution in [1.82, 2.24) is 20.4 Å². The number of carboxylic acid groups (broad SMARTS) is 1. The van der Waals surface area contributed by atoms with Gasteiger partial charge in [0.2, 0.25) is 5.91 Å². The van der Waals surface area contributed by atoms with Crippen molar-refractivity contribution in [2.24, 2.45) is 12.5 Å². The van der Waals surface area contributed by atoms with Gasteiger partial charge >= 0.3 is 12.0 Å². The van der Waals surface area contributed by atoms with Crippen molar-refractivity contribution in [3.05, 3.63) is 18.0 Å². The lowest BCUT2D eigenvalue weighted by atomic mass is 9.89. The van der Waals surface area contributed by atoms with Gasteiger partial charge in [0.25, 0.3) is 0 Å². The molecule has 0 bridgehead atoms. The first-order chi connectivity index (χ1) is 9.70. The Balaban J connectivity index is 2.30. The third-order valence-electron chi connectivity index (χ3n) is 2.87. The second kappa shape index (κ2) is 6.87. The monoisotopic (exact) mass is 296 g/mol. The van der Waals surface area contributed by atoms with Gasteiger partial charge in [0.1, 0.15) is 0 Å². The fraction of sp³-hybridized carbons (Fsp3) is 0.538. The molecule has 8 nitrogen and oxygen atoms in total. The standard InChI is InChI=1S/C13H20N4O4/c1-13(2,11(19)20)8-10(18)15-12(21)14-6-4-9-5-7-17(3)16-9/h5,7H,4,6,8H2,1-3H3,(H,19,20)(H2,14,15,18,21). The van der Waals surface area contributed by atoms with Crippen LogP contribution in [-0.4, -0.2) is 39.3 Å². The fourth-order valence-electron chi connectivity index (χ4n) is 1.59. The van der Waals surface area contributed by atoms with Crippen LogP contribution >= 0.6 is 0 Å². The zero-order valence-corrected chi connectivity index (χ0v) is 12.3. The molecule has 1 aromatic rings. The summed E-state index contributed by atoms with van der Waals surface area (Å²) in [6.07, 6.45) is 2.08. The number of amides is 3. The number of nitrogens with one attached hydrogen (secondary N) is 2. The summed E-state index contributed by atoms with van der Waals surface area (Å²) in [7, 11) is 1.80. The van der Waals surface area contributed by atoms with E-state index in [0.717, 1.165) is 5.69 Å². The molecule has 0 aliphatic rings. The Morgan fingerprint density at radius 1 is 1.38 bits per heavy atom. The van der Waals surface area contributed by atoms with Crippen LogP contribution in [0.4, 0.5) is 4.79 Å². The van der Waals surface area contributed by atoms with E-state index in [4.69, 9.17) is 5.11 Å². The predicted molar refractivity (Wildman–Crippen MR) is 74.5 cm³/mol. The number of carbonyl (C=O) groups excluding carboxylic acids is 2. The maximum Gasteiger partial charge on any atom is 0.321 e. The lowest BCUT2D eigenvalue weighted by molar-refractivity contribution is -0.149. The van der Waals surface area contributed by atoms with E-state index in [1.54, 1.807) is 17.9 Å². The maximum atomic E-state index is 11.6. The van der Waals surface area contributed by atoms with Gasteiger partial charge in [-0.05, 0) is 19.9 Å². The molecule has 1 heterocycles. The van der Waals surface area contributed by atoms with Crippen molar-refractivity contribution >= 4 is 17.9 Å². The van der Waals surface area contributed by atoms with Crippen LogP contribution in [-0.2, 0) is 23.1 Å². The summed E-state index contributed by atoms with van der Waals surface area (Å²) in [6, 6.07) is 1.19. The SMILES string of the molecule is Cn1ccc(CCNC(=O)NC(=O)CC(C)(C)C(=O)O)n1. The van der Waals surface area contributed by atoms with E-state index in [2.05, 4.69) is 15.7 Å². The molecule has 21 heavy (non-hydrogen) atoms. The summed E-state index contributed by atoms with van der Waals surface area (Å²) in [5, 5.41) is 17.7. The van der Waals surface area contributed by atoms with Crippen LogP contribution in [0.3, 0.4) is 0 Å². The topological polar surface area (TPSA) is 113 Å². The number of imide groups is 1. The van der Waals surface area contributed by atoms with E-state index in [1.165, 1.54) is 13.8 Å². The Morgan fingerprint density at radius 3 is 2.57 bits per heavy atom. The molecule has 3 amide bonds. The molecular formula is C13H20N4O4. The van der Waals surface area contributed by atoms with Gasteiger partial charge in [-0.2, -0.15) is 5.10 Å². The van der Waals surface area contributed by atoms with E-state index >= 15 is 0 Å². The highest BCUT2D eigenvalue weighted by atomic mass is 16.4. The number of carboxylic acids is 1. The smallest absolute Gasteiger partial charge is 0.321 e. The van der Waals surface area contributed by atoms with Crippen LogP contribution < -0.4 is 10.6 Å². The second-order valence-electron chi connectivity index (χ2n) is 5.40. The zero-order valence-electron chi connectivity index (χ0n) is 12.3. The Labute approximate surface area is 122 Å². The van der Waals surface area contributed by atoms with Gasteiger partial charge in [0.05, 0.1) is 11.1 Å². The number of nitrogens with zero attached hydrogens (tertiary/aromatic N) is 2. The van der Waals surface area contributed by atoms with Gasteiger partial charge in [-0.1, -0.05) is 0 Å². The highest BCUT2D eigenvalue weighted by Crippen LogP contribution is 2.19. The normalized spacial score (nSPS) is 11.0. The summed E-state index contributed by atoms with van der Waals surface area (Å²) in [6.45, 7) is 3.18. The van der Waals surface area contributed by atoms with Crippen LogP contribution in [0.5, 0.6) is 0 Å². The number of aliphatic carboxylic acids is 1. The number of hydrogen-bond donors (Lipinski definition) is 3. The molecule has 0 fully saturated rings. The van der Waals surface area contributed by atoms with Crippen LogP contribution in [0.1, 0.15) is 26.0 Å². The lowest BCUT2D eigenvalue weighted by Gasteiger charge is -2.17. The van der Waals surface area contributed by atoms with Gasteiger partial charge in [0.15, 0.2) is 0 Å². The number of carbonyl (C=O) groups is 3. The maximum absolute atomic E-state index is 11.6. The molecule has 0 radical (unpaired) electrons. The molecule has 116 valence electrons. The molecule has 0 atom stereocenters. The van der Waals surface area contributed by atoms with Crippen LogP contribution in [0.15, 0.2) is 12.3 Å². The number of hydrogen-bond acceptors (Lipinski definition) is 4. The van der Waals surface area contributed by atoms with Gasteiger partial charge in [0, 0.05) is 32.6 Å². The molecule has 1 aromatic heterocycles. The first kappa shape index (κ1) is 16.7. The molecule has 0 unspecified atom stereocenters. The summed E-state index contributed by atoms with van der Waals surface area (Å²) < 4.78 is 1.66. The Hall–Kier alpha value is -2.38. The van der Waals surface area contributed by atoms with Crippen LogP contribution in [0, 0.1) is 5.41 Å². The number of urea groups is 1. The summed E-state index contributed by atoms with van der Waals surface area (Å²) in [5.41, 5.74) is -0.380. The van der Waals surface area contributed by atoms with E-state index in [1.807, 2.05) is 6.07 Å². The van der Waals surface area contributed by atoms with Crippen LogP contribution in [0.2, 0.25) is 0 Å². The van der Waals surface area contributed by atoms with Gasteiger partial charge in [-0.3, -0.25) is 19.6 Å². The van der Waals surface area contributed by atoms with E-state index in [9.17, 15) is 14.4 Å². The van der Waals surface area contributed by atoms with Crippen molar-refractivity contribution in [3.63, 3.8) is 0 Å². The molecule has 0 aliphatic carbocycles. The molecule has 0 aromatic carbocycles. The minimum atomic E-state index is -1.21. The Kier molecular flexibility index (Phi) is 5.45. The van der Waals surface area contributed by atoms with Crippen molar-refractivity contribution in [2.45, 2.75) is 26.7 Å². The fourth-order valence-corrected chi connectivity index (χ4v) is 1.59. The quantitative estimate of drug-likeness (QED) is 0.698. The molecule has 0 saturated heterocycles. The summed E-state index contributed by atoms with van der Waals surface area (Å²) in [5.74, 6) is -1.72. The average Bonchev–Trinajstić information content (AvgIpc) is 2.73. The minimum absolute atomic E-state index is 0.268. The van der Waals surface area contributed by atoms with Gasteiger partial charge in [-0.15, -0.1) is 0 Å². The summed E-state index contributed by atoms with van der Waals surface area (Å²) in [4.78, 5) is 33.9. The van der Waals surface area contributed by atoms with E-state index in [0.29, 0.717) is 13.0 Å². The van der Waals surface area contributed by atoms with Crippen LogP contribution in [0.25, 0.3) is 0 Å². The molecule has 0 saturated carbocycles. The van der Waals surface area contributed by atoms with Crippen molar-refractivity contribution in [2.75, 3.05) is 6.54 Å². The average molecular weight is 296 g/mol. The number of rotatable bonds is 6. The third-order valence-corrected chi connectivity index (χ3v) is 2.87. The van der Waals surface area contributed by atoms with Gasteiger partial charge in [-0.25, -0.2) is 4.79 Å². The molecule has 0 spiro atoms. The summed E-state index contributed by atoms with van der Waals surface area (Å²) >= 11 is 0. The molecule has 3 N–H and O–H groups in total. The van der Waals surface area contributed by atoms with Gasteiger partial charge < -0.3 is 10.4 Å². The van der Waals surface area contributed by atoms with Crippen molar-refractivity contribution < 1.29 is 19.5 Å². The number of aryl methyl sites for hydroxylation is 1. The van der Waals surface area contributed by atoms with Crippen molar-refractivity contribution in [3.8, 4) is 0 Å². The predicted octanol–water partition coefficient (Wildman–Crippen LogP) is 0.289. The Bertz CT molecular complexity index is 536. The first-order valence-electron chi connectivity index (χ1n) is 6.50. The largest absolute Gasteiger partial charge is 0.481 e. The highest BCUT2D eigenvalue weighted by molar-refractivity contribution is 5.96. The zero-order chi connectivity index (χ0) is 16.0. The Morgan fingerprint density at radius 2 is 2.05 bits per heavy atom. The first-order valence-corrected chi connectivity index (χ1v) is 6.50. The van der Waals surface area contributed by atoms with E-state index < -0.39 is 23.3 Å². The number of aromatic nitrogens is 2. The molecule has 0 aliphatic heterocycles. The van der Waals surface area contributed by atoms with Crippen molar-refractivity contribution in [1.29, 1.82) is 0 Å². The van der Waals surface area contributed by atoms with E-state index in [-0.39, 0.29) is 6.42 Å². The highest BCUT2D eigenvalue weighted by Gasteiger charge is 2.30. The molecular weight excluding hydrogens is 276 g/mol.